The van der Waals surface area contributed by atoms with Gasteiger partial charge in [-0.3, -0.25) is 14.6 Å². The number of carbonyl (C=O) groups excluding carboxylic acids is 4. The molecule has 1 saturated heterocycles. The van der Waals surface area contributed by atoms with E-state index in [1.165, 1.54) is 9.80 Å². The summed E-state index contributed by atoms with van der Waals surface area (Å²) in [5.41, 5.74) is -0.0208. The van der Waals surface area contributed by atoms with Gasteiger partial charge < -0.3 is 24.1 Å². The molecule has 51 heavy (non-hydrogen) atoms. The van der Waals surface area contributed by atoms with Crippen LogP contribution in [0.2, 0.25) is 0 Å². The molecule has 0 unspecified atom stereocenters. The molecule has 2 aliphatic rings. The number of para-hydroxylation sites is 2. The Labute approximate surface area is 298 Å². The van der Waals surface area contributed by atoms with E-state index in [0.717, 1.165) is 22.0 Å². The number of esters is 1. The minimum Gasteiger partial charge on any atom is -0.464 e. The Bertz CT molecular complexity index is 1940. The van der Waals surface area contributed by atoms with E-state index in [2.05, 4.69) is 5.32 Å². The van der Waals surface area contributed by atoms with Crippen LogP contribution in [0.3, 0.4) is 0 Å². The molecule has 1 N–H and O–H groups in total. The van der Waals surface area contributed by atoms with E-state index >= 15 is 0 Å². The van der Waals surface area contributed by atoms with Crippen LogP contribution in [0, 0.1) is 0 Å². The molecule has 1 aromatic heterocycles. The molecule has 4 atom stereocenters. The van der Waals surface area contributed by atoms with Crippen molar-refractivity contribution in [1.29, 1.82) is 0 Å². The molecule has 4 aromatic rings. The highest BCUT2D eigenvalue weighted by Gasteiger charge is 2.67. The van der Waals surface area contributed by atoms with Gasteiger partial charge in [-0.25, -0.2) is 14.4 Å². The number of rotatable bonds is 7. The molecule has 0 aliphatic carbocycles. The van der Waals surface area contributed by atoms with Crippen LogP contribution in [0.1, 0.15) is 66.0 Å². The van der Waals surface area contributed by atoms with E-state index in [4.69, 9.17) is 14.2 Å². The van der Waals surface area contributed by atoms with Crippen LogP contribution in [-0.2, 0) is 35.8 Å². The minimum absolute atomic E-state index is 0.0542. The van der Waals surface area contributed by atoms with Gasteiger partial charge in [-0.05, 0) is 77.6 Å². The van der Waals surface area contributed by atoms with Crippen LogP contribution >= 0.6 is 0 Å². The first kappa shape index (κ1) is 35.5. The second-order valence-electron chi connectivity index (χ2n) is 15.0. The average Bonchev–Trinajstić information content (AvgIpc) is 3.72. The zero-order chi connectivity index (χ0) is 36.7. The fraction of sp³-hybridized carbons (Fsp3) is 0.400. The number of fused-ring (bicyclic) bond motifs is 4. The summed E-state index contributed by atoms with van der Waals surface area (Å²) in [5, 5.41) is 3.87. The number of nitrogens with zero attached hydrogens (tertiary/aromatic N) is 3. The summed E-state index contributed by atoms with van der Waals surface area (Å²) >= 11 is 0. The van der Waals surface area contributed by atoms with E-state index in [0.29, 0.717) is 5.69 Å². The maximum atomic E-state index is 14.7. The van der Waals surface area contributed by atoms with Gasteiger partial charge in [0.05, 0.1) is 12.3 Å². The number of benzene rings is 3. The third kappa shape index (κ3) is 6.77. The van der Waals surface area contributed by atoms with Crippen molar-refractivity contribution in [2.24, 2.45) is 0 Å². The van der Waals surface area contributed by atoms with Gasteiger partial charge in [-0.2, -0.15) is 0 Å². The first-order valence-electron chi connectivity index (χ1n) is 17.3. The van der Waals surface area contributed by atoms with Crippen molar-refractivity contribution in [1.82, 2.24) is 14.8 Å². The molecule has 3 aromatic carbocycles. The van der Waals surface area contributed by atoms with E-state index in [-0.39, 0.29) is 19.4 Å². The molecule has 11 nitrogen and oxygen atoms in total. The number of aromatic nitrogens is 1. The second kappa shape index (κ2) is 13.4. The Morgan fingerprint density at radius 1 is 0.824 bits per heavy atom. The lowest BCUT2D eigenvalue weighted by atomic mass is 9.86. The molecular formula is C40H46N4O7. The van der Waals surface area contributed by atoms with Gasteiger partial charge in [0, 0.05) is 30.1 Å². The number of anilines is 1. The standard InChI is InChI=1S/C40H46N4O7/c1-8-49-34(46)29(24-26-16-10-9-11-17-26)41-33(45)32-25-40(42-23-22-27-18-12-14-20-30(27)42)28-19-13-15-21-31(28)43(36(47)50-38(2,3)4)35(40)44(32)37(48)51-39(5,6)7/h9-23,29,32,35H,8,24-25H2,1-7H3,(H,41,45)/t29-,32+,35-,40+/m0/s1. The zero-order valence-electron chi connectivity index (χ0n) is 30.2. The van der Waals surface area contributed by atoms with Crippen LogP contribution in [0.5, 0.6) is 0 Å². The monoisotopic (exact) mass is 694 g/mol. The minimum atomic E-state index is -1.18. The number of nitrogens with one attached hydrogen (secondary N) is 1. The average molecular weight is 695 g/mol. The summed E-state index contributed by atoms with van der Waals surface area (Å²) in [6, 6.07) is 24.4. The van der Waals surface area contributed by atoms with Gasteiger partial charge in [-0.15, -0.1) is 0 Å². The predicted molar refractivity (Wildman–Crippen MR) is 193 cm³/mol. The molecule has 2 aliphatic heterocycles. The number of amides is 3. The maximum Gasteiger partial charge on any atom is 0.416 e. The Kier molecular flexibility index (Phi) is 9.35. The van der Waals surface area contributed by atoms with Crippen molar-refractivity contribution in [2.75, 3.05) is 11.5 Å². The smallest absolute Gasteiger partial charge is 0.416 e. The van der Waals surface area contributed by atoms with Gasteiger partial charge in [0.25, 0.3) is 0 Å². The lowest BCUT2D eigenvalue weighted by Crippen LogP contribution is -2.60. The van der Waals surface area contributed by atoms with Crippen molar-refractivity contribution < 1.29 is 33.4 Å². The van der Waals surface area contributed by atoms with E-state index in [1.807, 2.05) is 95.7 Å². The molecule has 0 spiro atoms. The lowest BCUT2D eigenvalue weighted by Gasteiger charge is -2.39. The number of ether oxygens (including phenoxy) is 3. The van der Waals surface area contributed by atoms with Gasteiger partial charge in [0.15, 0.2) is 0 Å². The van der Waals surface area contributed by atoms with Crippen LogP contribution in [0.25, 0.3) is 10.9 Å². The zero-order valence-corrected chi connectivity index (χ0v) is 30.2. The second-order valence-corrected chi connectivity index (χ2v) is 15.0. The Morgan fingerprint density at radius 3 is 2.14 bits per heavy atom. The third-order valence-electron chi connectivity index (χ3n) is 9.10. The first-order chi connectivity index (χ1) is 24.1. The predicted octanol–water partition coefficient (Wildman–Crippen LogP) is 6.77. The van der Waals surface area contributed by atoms with Crippen molar-refractivity contribution in [3.63, 3.8) is 0 Å². The number of hydrogen-bond acceptors (Lipinski definition) is 7. The number of hydrogen-bond donors (Lipinski definition) is 1. The Morgan fingerprint density at radius 2 is 1.45 bits per heavy atom. The topological polar surface area (TPSA) is 119 Å². The van der Waals surface area contributed by atoms with Crippen LogP contribution in [0.4, 0.5) is 15.3 Å². The molecule has 6 rings (SSSR count). The summed E-state index contributed by atoms with van der Waals surface area (Å²) in [4.78, 5) is 59.8. The summed E-state index contributed by atoms with van der Waals surface area (Å²) in [6.45, 7) is 12.4. The maximum absolute atomic E-state index is 14.7. The highest BCUT2D eigenvalue weighted by atomic mass is 16.6. The highest BCUT2D eigenvalue weighted by molar-refractivity contribution is 5.97. The SMILES string of the molecule is CCOC(=O)[C@H](Cc1ccccc1)NC(=O)[C@H]1C[C@@]2(n3ccc4ccccc43)c3ccccc3N(C(=O)OC(C)(C)C)[C@H]2N1C(=O)OC(C)(C)C. The van der Waals surface area contributed by atoms with Gasteiger partial charge in [0.2, 0.25) is 5.91 Å². The summed E-state index contributed by atoms with van der Waals surface area (Å²) in [5.74, 6) is -1.18. The van der Waals surface area contributed by atoms with Crippen molar-refractivity contribution >= 4 is 40.7 Å². The normalized spacial score (nSPS) is 20.4. The van der Waals surface area contributed by atoms with E-state index in [9.17, 15) is 19.2 Å². The molecule has 0 radical (unpaired) electrons. The molecule has 3 heterocycles. The lowest BCUT2D eigenvalue weighted by molar-refractivity contribution is -0.147. The quantitative estimate of drug-likeness (QED) is 0.168. The molecule has 3 amide bonds. The molecule has 0 saturated carbocycles. The third-order valence-corrected chi connectivity index (χ3v) is 9.10. The molecule has 268 valence electrons. The number of likely N-dealkylation sites (tertiary alicyclic amines) is 1. The van der Waals surface area contributed by atoms with Crippen molar-refractivity contribution in [3.05, 3.63) is 102 Å². The van der Waals surface area contributed by atoms with Crippen molar-refractivity contribution in [2.45, 2.75) is 96.3 Å². The largest absolute Gasteiger partial charge is 0.464 e. The van der Waals surface area contributed by atoms with Crippen molar-refractivity contribution in [3.8, 4) is 0 Å². The highest BCUT2D eigenvalue weighted by Crippen LogP contribution is 2.56. The molecule has 11 heteroatoms. The summed E-state index contributed by atoms with van der Waals surface area (Å²) in [7, 11) is 0. The summed E-state index contributed by atoms with van der Waals surface area (Å²) < 4.78 is 19.4. The Hall–Kier alpha value is -5.32. The van der Waals surface area contributed by atoms with Gasteiger partial charge in [0.1, 0.15) is 35.0 Å². The van der Waals surface area contributed by atoms with E-state index in [1.54, 1.807) is 48.5 Å². The van der Waals surface area contributed by atoms with Gasteiger partial charge in [-0.1, -0.05) is 66.7 Å². The summed E-state index contributed by atoms with van der Waals surface area (Å²) in [6.07, 6.45) is -0.407. The van der Waals surface area contributed by atoms with Crippen LogP contribution in [0.15, 0.2) is 91.1 Å². The molecule has 0 bridgehead atoms. The molecular weight excluding hydrogens is 648 g/mol. The fourth-order valence-electron chi connectivity index (χ4n) is 7.27. The van der Waals surface area contributed by atoms with Crippen LogP contribution in [-0.4, -0.2) is 69.6 Å². The number of carbonyl (C=O) groups is 4. The molecule has 1 fully saturated rings. The first-order valence-corrected chi connectivity index (χ1v) is 17.3. The fourth-order valence-corrected chi connectivity index (χ4v) is 7.27. The van der Waals surface area contributed by atoms with Crippen LogP contribution < -0.4 is 10.2 Å². The van der Waals surface area contributed by atoms with E-state index < -0.39 is 59.1 Å². The Balaban J connectivity index is 1.54. The van der Waals surface area contributed by atoms with Gasteiger partial charge >= 0.3 is 18.2 Å².